The van der Waals surface area contributed by atoms with E-state index in [-0.39, 0.29) is 5.41 Å². The molecule has 15 heteroatoms. The number of carbonyl (C=O) groups excluding carboxylic acids is 1. The molecule has 2 aromatic rings. The van der Waals surface area contributed by atoms with Crippen molar-refractivity contribution < 1.29 is 55.4 Å². The first-order valence-electron chi connectivity index (χ1n) is 11.6. The number of hydrogen-bond donors (Lipinski definition) is 2. The van der Waals surface area contributed by atoms with Crippen LogP contribution in [-0.4, -0.2) is 74.8 Å². The molecular formula is C24H27F6N3O6. The number of carboxylic acid groups (broad SMARTS) is 2. The smallest absolute Gasteiger partial charge is 0.475 e. The maximum atomic E-state index is 13.1. The third-order valence-corrected chi connectivity index (χ3v) is 6.04. The second-order valence-corrected chi connectivity index (χ2v) is 9.04. The molecule has 1 spiro atoms. The Morgan fingerprint density at radius 1 is 0.949 bits per heavy atom. The molecule has 39 heavy (non-hydrogen) atoms. The average molecular weight is 567 g/mol. The number of aromatic nitrogens is 1. The molecule has 0 bridgehead atoms. The number of alkyl halides is 6. The summed E-state index contributed by atoms with van der Waals surface area (Å²) < 4.78 is 69.2. The highest BCUT2D eigenvalue weighted by atomic mass is 19.4. The molecule has 2 saturated heterocycles. The first kappa shape index (κ1) is 31.6. The number of aryl methyl sites for hydroxylation is 1. The lowest BCUT2D eigenvalue weighted by Gasteiger charge is -2.38. The second-order valence-electron chi connectivity index (χ2n) is 9.04. The lowest BCUT2D eigenvalue weighted by molar-refractivity contribution is -0.193. The van der Waals surface area contributed by atoms with E-state index >= 15 is 0 Å². The minimum absolute atomic E-state index is 0.201. The number of carboxylic acids is 2. The van der Waals surface area contributed by atoms with Crippen molar-refractivity contribution in [3.05, 3.63) is 53.7 Å². The lowest BCUT2D eigenvalue weighted by Crippen LogP contribution is -2.47. The average Bonchev–Trinajstić information content (AvgIpc) is 3.37. The number of amides is 1. The summed E-state index contributed by atoms with van der Waals surface area (Å²) in [6.45, 7) is 6.21. The van der Waals surface area contributed by atoms with Crippen LogP contribution in [0.3, 0.4) is 0 Å². The number of carbonyl (C=O) groups is 3. The van der Waals surface area contributed by atoms with Crippen molar-refractivity contribution in [2.75, 3.05) is 19.6 Å². The van der Waals surface area contributed by atoms with Crippen molar-refractivity contribution in [3.63, 3.8) is 0 Å². The van der Waals surface area contributed by atoms with Crippen molar-refractivity contribution >= 4 is 17.8 Å². The fraction of sp³-hybridized carbons (Fsp3) is 0.500. The van der Waals surface area contributed by atoms with Gasteiger partial charge in [-0.15, -0.1) is 0 Å². The number of aliphatic carboxylic acids is 2. The Morgan fingerprint density at radius 3 is 2.00 bits per heavy atom. The normalized spacial score (nSPS) is 19.7. The van der Waals surface area contributed by atoms with E-state index in [0.717, 1.165) is 62.5 Å². The third-order valence-electron chi connectivity index (χ3n) is 6.04. The van der Waals surface area contributed by atoms with E-state index in [1.54, 1.807) is 12.4 Å². The summed E-state index contributed by atoms with van der Waals surface area (Å²) in [5.41, 5.74) is 0.950. The van der Waals surface area contributed by atoms with Gasteiger partial charge in [0.1, 0.15) is 11.5 Å². The molecule has 1 unspecified atom stereocenters. The molecule has 2 N–H and O–H groups in total. The van der Waals surface area contributed by atoms with Gasteiger partial charge >= 0.3 is 24.3 Å². The first-order chi connectivity index (χ1) is 18.0. The molecule has 2 aromatic heterocycles. The van der Waals surface area contributed by atoms with Crippen LogP contribution in [-0.2, 0) is 27.5 Å². The van der Waals surface area contributed by atoms with Crippen molar-refractivity contribution in [3.8, 4) is 0 Å². The molecule has 2 fully saturated rings. The largest absolute Gasteiger partial charge is 0.490 e. The van der Waals surface area contributed by atoms with Gasteiger partial charge in [0.2, 0.25) is 5.91 Å². The summed E-state index contributed by atoms with van der Waals surface area (Å²) >= 11 is 0. The van der Waals surface area contributed by atoms with Gasteiger partial charge in [-0.2, -0.15) is 26.3 Å². The number of nitrogens with zero attached hydrogens (tertiary/aromatic N) is 3. The van der Waals surface area contributed by atoms with Crippen molar-refractivity contribution in [2.45, 2.75) is 51.6 Å². The van der Waals surface area contributed by atoms with Crippen LogP contribution in [0, 0.1) is 12.3 Å². The summed E-state index contributed by atoms with van der Waals surface area (Å²) in [4.78, 5) is 39.4. The van der Waals surface area contributed by atoms with E-state index in [0.29, 0.717) is 12.5 Å². The number of halogens is 6. The Bertz CT molecular complexity index is 1100. The van der Waals surface area contributed by atoms with E-state index < -0.39 is 24.3 Å². The van der Waals surface area contributed by atoms with Crippen molar-refractivity contribution in [1.82, 2.24) is 14.8 Å². The monoisotopic (exact) mass is 567 g/mol. The summed E-state index contributed by atoms with van der Waals surface area (Å²) in [6.07, 6.45) is -3.54. The van der Waals surface area contributed by atoms with Crippen LogP contribution in [0.4, 0.5) is 26.3 Å². The van der Waals surface area contributed by atoms with E-state index in [4.69, 9.17) is 24.2 Å². The van der Waals surface area contributed by atoms with Crippen molar-refractivity contribution in [2.24, 2.45) is 5.41 Å². The van der Waals surface area contributed by atoms with Gasteiger partial charge in [0.15, 0.2) is 0 Å². The van der Waals surface area contributed by atoms with Gasteiger partial charge < -0.3 is 19.5 Å². The summed E-state index contributed by atoms with van der Waals surface area (Å²) in [5, 5.41) is 14.2. The molecule has 216 valence electrons. The maximum absolute atomic E-state index is 13.1. The Morgan fingerprint density at radius 2 is 1.51 bits per heavy atom. The minimum Gasteiger partial charge on any atom is -0.475 e. The lowest BCUT2D eigenvalue weighted by atomic mass is 9.78. The highest BCUT2D eigenvalue weighted by molar-refractivity contribution is 5.85. The Hall–Kier alpha value is -3.62. The van der Waals surface area contributed by atoms with Crippen LogP contribution in [0.5, 0.6) is 0 Å². The molecule has 0 radical (unpaired) electrons. The molecule has 0 aliphatic carbocycles. The van der Waals surface area contributed by atoms with Gasteiger partial charge in [0.25, 0.3) is 0 Å². The predicted octanol–water partition coefficient (Wildman–Crippen LogP) is 4.26. The molecule has 1 atom stereocenters. The first-order valence-corrected chi connectivity index (χ1v) is 11.6. The van der Waals surface area contributed by atoms with Gasteiger partial charge in [-0.1, -0.05) is 0 Å². The Balaban J connectivity index is 0.000000317. The van der Waals surface area contributed by atoms with Gasteiger partial charge in [-0.05, 0) is 62.6 Å². The molecule has 4 heterocycles. The van der Waals surface area contributed by atoms with Crippen LogP contribution in [0.15, 0.2) is 41.1 Å². The zero-order chi connectivity index (χ0) is 29.4. The van der Waals surface area contributed by atoms with Gasteiger partial charge in [-0.25, -0.2) is 9.59 Å². The zero-order valence-corrected chi connectivity index (χ0v) is 20.8. The number of hydrogen-bond acceptors (Lipinski definition) is 6. The van der Waals surface area contributed by atoms with E-state index in [1.807, 2.05) is 36.1 Å². The summed E-state index contributed by atoms with van der Waals surface area (Å²) in [7, 11) is 0. The Kier molecular flexibility index (Phi) is 10.5. The molecule has 0 saturated carbocycles. The molecule has 2 aliphatic heterocycles. The van der Waals surface area contributed by atoms with Crippen LogP contribution >= 0.6 is 0 Å². The zero-order valence-electron chi connectivity index (χ0n) is 20.8. The molecule has 0 aromatic carbocycles. The summed E-state index contributed by atoms with van der Waals surface area (Å²) in [6, 6.07) is 8.03. The van der Waals surface area contributed by atoms with Gasteiger partial charge in [0.05, 0.1) is 12.0 Å². The molecule has 9 nitrogen and oxygen atoms in total. The number of likely N-dealkylation sites (tertiary alicyclic amines) is 2. The highest BCUT2D eigenvalue weighted by Crippen LogP contribution is 2.41. The number of piperidine rings is 1. The standard InChI is InChI=1S/C20H25N3O2.2C2HF3O2/c1-16-3-4-18(25-16)14-22-11-2-7-20(15-22)8-12-23(19(20)24)13-17-5-9-21-10-6-17;2*3-2(4,5)1(6)7/h3-6,9-10H,2,7-8,11-15H2,1H3;2*(H,6,7). The molecule has 4 rings (SSSR count). The number of furan rings is 1. The fourth-order valence-corrected chi connectivity index (χ4v) is 4.28. The molecular weight excluding hydrogens is 540 g/mol. The van der Waals surface area contributed by atoms with Crippen molar-refractivity contribution in [1.29, 1.82) is 0 Å². The topological polar surface area (TPSA) is 124 Å². The number of pyridine rings is 1. The third kappa shape index (κ3) is 9.57. The van der Waals surface area contributed by atoms with Crippen LogP contribution in [0.25, 0.3) is 0 Å². The molecule has 2 aliphatic rings. The van der Waals surface area contributed by atoms with E-state index in [2.05, 4.69) is 9.88 Å². The van der Waals surface area contributed by atoms with Crippen LogP contribution in [0.2, 0.25) is 0 Å². The highest BCUT2D eigenvalue weighted by Gasteiger charge is 2.48. The van der Waals surface area contributed by atoms with Crippen LogP contribution in [0.1, 0.15) is 36.3 Å². The summed E-state index contributed by atoms with van der Waals surface area (Å²) in [5.74, 6) is -3.25. The number of rotatable bonds is 4. The Labute approximate surface area is 219 Å². The minimum atomic E-state index is -5.08. The maximum Gasteiger partial charge on any atom is 0.490 e. The van der Waals surface area contributed by atoms with E-state index in [9.17, 15) is 31.1 Å². The molecule has 1 amide bonds. The van der Waals surface area contributed by atoms with E-state index in [1.165, 1.54) is 0 Å². The fourth-order valence-electron chi connectivity index (χ4n) is 4.28. The quantitative estimate of drug-likeness (QED) is 0.526. The SMILES string of the molecule is Cc1ccc(CN2CCCC3(CCN(Cc4ccncc4)C3=O)C2)o1.O=C(O)C(F)(F)F.O=C(O)C(F)(F)F. The predicted molar refractivity (Wildman–Crippen MR) is 122 cm³/mol. The van der Waals surface area contributed by atoms with Crippen LogP contribution < -0.4 is 0 Å². The second kappa shape index (κ2) is 13.0. The van der Waals surface area contributed by atoms with Gasteiger partial charge in [0, 0.05) is 32.0 Å². The van der Waals surface area contributed by atoms with Gasteiger partial charge in [-0.3, -0.25) is 14.7 Å².